The number of rotatable bonds is 1. The predicted octanol–water partition coefficient (Wildman–Crippen LogP) is 2.59. The number of hydrogen-bond donors (Lipinski definition) is 0. The fourth-order valence-corrected chi connectivity index (χ4v) is 2.86. The zero-order chi connectivity index (χ0) is 13.2. The molecule has 2 aromatic rings. The lowest BCUT2D eigenvalue weighted by molar-refractivity contribution is 0.112. The highest BCUT2D eigenvalue weighted by atomic mass is 32.2. The van der Waals surface area contributed by atoms with Crippen molar-refractivity contribution in [2.45, 2.75) is 12.2 Å². The molecular weight excluding hydrogens is 260 g/mol. The molecule has 0 saturated carbocycles. The number of carbonyl (C=O) groups excluding carboxylic acids is 1. The second-order valence-corrected chi connectivity index (χ2v) is 5.36. The van der Waals surface area contributed by atoms with Crippen molar-refractivity contribution in [3.05, 3.63) is 45.3 Å². The van der Waals surface area contributed by atoms with Crippen molar-refractivity contribution in [1.29, 1.82) is 0 Å². The van der Waals surface area contributed by atoms with Crippen LogP contribution in [0.4, 0.5) is 0 Å². The molecule has 3 nitrogen and oxygen atoms in total. The zero-order valence-corrected chi connectivity index (χ0v) is 10.9. The highest BCUT2D eigenvalue weighted by Gasteiger charge is 2.09. The van der Waals surface area contributed by atoms with Gasteiger partial charge in [0.05, 0.1) is 0 Å². The van der Waals surface area contributed by atoms with Crippen LogP contribution in [-0.2, 0) is 5.75 Å². The standard InChI is InChI=1S/C15H10O3S/c16-8-12-5-11-6-13-9-19-4-2-1-3-10(13)7-14(11)18-15(12)17/h5-8H,2,4,9H2. The van der Waals surface area contributed by atoms with Crippen LogP contribution in [0.1, 0.15) is 27.9 Å². The van der Waals surface area contributed by atoms with Gasteiger partial charge in [-0.05, 0) is 23.8 Å². The SMILES string of the molecule is O=Cc1cc2cc3c(cc2oc1=O)C#CCCSC3. The molecule has 0 unspecified atom stereocenters. The number of fused-ring (bicyclic) bond motifs is 2. The van der Waals surface area contributed by atoms with Crippen molar-refractivity contribution in [1.82, 2.24) is 0 Å². The molecule has 0 radical (unpaired) electrons. The smallest absolute Gasteiger partial charge is 0.346 e. The molecule has 2 heterocycles. The average Bonchev–Trinajstić information content (AvgIpc) is 2.38. The van der Waals surface area contributed by atoms with Gasteiger partial charge >= 0.3 is 5.63 Å². The minimum Gasteiger partial charge on any atom is -0.422 e. The van der Waals surface area contributed by atoms with Gasteiger partial charge in [-0.15, -0.1) is 0 Å². The van der Waals surface area contributed by atoms with Crippen LogP contribution < -0.4 is 5.63 Å². The fraction of sp³-hybridized carbons (Fsp3) is 0.200. The van der Waals surface area contributed by atoms with Crippen LogP contribution >= 0.6 is 11.8 Å². The lowest BCUT2D eigenvalue weighted by Gasteiger charge is -2.08. The summed E-state index contributed by atoms with van der Waals surface area (Å²) in [7, 11) is 0. The summed E-state index contributed by atoms with van der Waals surface area (Å²) in [6.07, 6.45) is 1.40. The summed E-state index contributed by atoms with van der Waals surface area (Å²) in [6.45, 7) is 0. The topological polar surface area (TPSA) is 47.3 Å². The zero-order valence-electron chi connectivity index (χ0n) is 10.1. The van der Waals surface area contributed by atoms with Crippen molar-refractivity contribution in [2.75, 3.05) is 5.75 Å². The Labute approximate surface area is 114 Å². The first-order valence-corrected chi connectivity index (χ1v) is 7.06. The molecule has 3 rings (SSSR count). The van der Waals surface area contributed by atoms with Gasteiger partial charge in [0.25, 0.3) is 0 Å². The molecule has 0 bridgehead atoms. The molecule has 1 aliphatic rings. The van der Waals surface area contributed by atoms with Gasteiger partial charge in [-0.2, -0.15) is 11.8 Å². The van der Waals surface area contributed by atoms with E-state index in [2.05, 4.69) is 11.8 Å². The molecule has 4 heteroatoms. The fourth-order valence-electron chi connectivity index (χ4n) is 2.01. The summed E-state index contributed by atoms with van der Waals surface area (Å²) in [6, 6.07) is 5.32. The molecule has 0 saturated heterocycles. The molecule has 1 aromatic carbocycles. The molecule has 0 aliphatic carbocycles. The summed E-state index contributed by atoms with van der Waals surface area (Å²) >= 11 is 1.83. The van der Waals surface area contributed by atoms with E-state index in [1.807, 2.05) is 17.8 Å². The second-order valence-electron chi connectivity index (χ2n) is 4.26. The van der Waals surface area contributed by atoms with E-state index in [-0.39, 0.29) is 5.56 Å². The van der Waals surface area contributed by atoms with Crippen LogP contribution in [0.15, 0.2) is 27.4 Å². The van der Waals surface area contributed by atoms with Crippen molar-refractivity contribution >= 4 is 29.0 Å². The van der Waals surface area contributed by atoms with Gasteiger partial charge in [-0.1, -0.05) is 11.8 Å². The van der Waals surface area contributed by atoms with Crippen LogP contribution in [0.25, 0.3) is 11.0 Å². The second kappa shape index (κ2) is 4.94. The molecule has 0 atom stereocenters. The van der Waals surface area contributed by atoms with Gasteiger partial charge in [-0.25, -0.2) is 4.79 Å². The number of aldehydes is 1. The molecule has 1 aliphatic heterocycles. The lowest BCUT2D eigenvalue weighted by atomic mass is 10.0. The van der Waals surface area contributed by atoms with Crippen molar-refractivity contribution in [3.63, 3.8) is 0 Å². The van der Waals surface area contributed by atoms with Gasteiger partial charge in [0.1, 0.15) is 11.1 Å². The summed E-state index contributed by atoms with van der Waals surface area (Å²) in [4.78, 5) is 22.3. The molecule has 0 fully saturated rings. The van der Waals surface area contributed by atoms with E-state index >= 15 is 0 Å². The largest absolute Gasteiger partial charge is 0.422 e. The molecule has 0 spiro atoms. The molecule has 94 valence electrons. The lowest BCUT2D eigenvalue weighted by Crippen LogP contribution is -2.06. The van der Waals surface area contributed by atoms with E-state index in [4.69, 9.17) is 4.42 Å². The van der Waals surface area contributed by atoms with Gasteiger partial charge in [-0.3, -0.25) is 4.79 Å². The monoisotopic (exact) mass is 270 g/mol. The molecular formula is C15H10O3S. The van der Waals surface area contributed by atoms with Crippen molar-refractivity contribution in [2.24, 2.45) is 0 Å². The Balaban J connectivity index is 2.28. The third kappa shape index (κ3) is 2.29. The van der Waals surface area contributed by atoms with E-state index < -0.39 is 5.63 Å². The normalized spacial score (nSPS) is 13.9. The number of thioether (sulfide) groups is 1. The van der Waals surface area contributed by atoms with Crippen LogP contribution in [0.3, 0.4) is 0 Å². The maximum Gasteiger partial charge on any atom is 0.346 e. The first kappa shape index (κ1) is 12.1. The summed E-state index contributed by atoms with van der Waals surface area (Å²) < 4.78 is 5.16. The Morgan fingerprint density at radius 1 is 1.32 bits per heavy atom. The highest BCUT2D eigenvalue weighted by Crippen LogP contribution is 2.24. The van der Waals surface area contributed by atoms with Gasteiger partial charge < -0.3 is 4.42 Å². The number of hydrogen-bond acceptors (Lipinski definition) is 4. The van der Waals surface area contributed by atoms with Crippen molar-refractivity contribution < 1.29 is 9.21 Å². The van der Waals surface area contributed by atoms with Crippen LogP contribution in [0, 0.1) is 11.8 Å². The quantitative estimate of drug-likeness (QED) is 0.454. The van der Waals surface area contributed by atoms with E-state index in [9.17, 15) is 9.59 Å². The van der Waals surface area contributed by atoms with Crippen LogP contribution in [-0.4, -0.2) is 12.0 Å². The van der Waals surface area contributed by atoms with Gasteiger partial charge in [0, 0.05) is 28.9 Å². The first-order chi connectivity index (χ1) is 9.28. The van der Waals surface area contributed by atoms with E-state index in [1.165, 1.54) is 0 Å². The van der Waals surface area contributed by atoms with Gasteiger partial charge in [0.2, 0.25) is 0 Å². The molecule has 0 N–H and O–H groups in total. The summed E-state index contributed by atoms with van der Waals surface area (Å²) in [5, 5.41) is 0.767. The van der Waals surface area contributed by atoms with Gasteiger partial charge in [0.15, 0.2) is 6.29 Å². The third-order valence-electron chi connectivity index (χ3n) is 2.96. The van der Waals surface area contributed by atoms with E-state index in [1.54, 1.807) is 12.1 Å². The van der Waals surface area contributed by atoms with Crippen LogP contribution in [0.2, 0.25) is 0 Å². The van der Waals surface area contributed by atoms with E-state index in [0.717, 1.165) is 34.4 Å². The minimum absolute atomic E-state index is 0.0528. The van der Waals surface area contributed by atoms with E-state index in [0.29, 0.717) is 11.9 Å². The Bertz CT molecular complexity index is 778. The first-order valence-electron chi connectivity index (χ1n) is 5.90. The van der Waals surface area contributed by atoms with Crippen molar-refractivity contribution in [3.8, 4) is 11.8 Å². The minimum atomic E-state index is -0.601. The maximum absolute atomic E-state index is 11.5. The Morgan fingerprint density at radius 3 is 3.05 bits per heavy atom. The summed E-state index contributed by atoms with van der Waals surface area (Å²) in [5.41, 5.74) is 1.96. The summed E-state index contributed by atoms with van der Waals surface area (Å²) in [5.74, 6) is 8.12. The number of carbonyl (C=O) groups is 1. The Kier molecular flexibility index (Phi) is 3.14. The molecule has 0 amide bonds. The predicted molar refractivity (Wildman–Crippen MR) is 75.5 cm³/mol. The molecule has 19 heavy (non-hydrogen) atoms. The third-order valence-corrected chi connectivity index (χ3v) is 3.97. The van der Waals surface area contributed by atoms with Crippen LogP contribution in [0.5, 0.6) is 0 Å². The molecule has 1 aromatic heterocycles. The number of benzene rings is 1. The Hall–Kier alpha value is -1.99. The highest BCUT2D eigenvalue weighted by molar-refractivity contribution is 7.98. The Morgan fingerprint density at radius 2 is 2.21 bits per heavy atom. The maximum atomic E-state index is 11.5. The average molecular weight is 270 g/mol.